The average Bonchev–Trinajstić information content (AvgIpc) is 2.87. The van der Waals surface area contributed by atoms with Gasteiger partial charge in [0.2, 0.25) is 0 Å². The molecule has 0 unspecified atom stereocenters. The number of phenolic OH excluding ortho intramolecular Hbond substituents is 1. The summed E-state index contributed by atoms with van der Waals surface area (Å²) in [6.45, 7) is 3.55. The lowest BCUT2D eigenvalue weighted by Crippen LogP contribution is -2.35. The molecule has 0 saturated carbocycles. The topological polar surface area (TPSA) is 130 Å². The van der Waals surface area contributed by atoms with Crippen molar-refractivity contribution >= 4 is 38.4 Å². The quantitative estimate of drug-likeness (QED) is 0.356. The SMILES string of the molecule is O=S(=O)(Nc1nc2ccccc2nc1Nc1cc(O)ccc1CN1CCOCC1)c1cccnc1. The number of pyridine rings is 1. The van der Waals surface area contributed by atoms with Crippen LogP contribution in [0.1, 0.15) is 5.56 Å². The Hall–Kier alpha value is -3.80. The lowest BCUT2D eigenvalue weighted by molar-refractivity contribution is 0.0342. The number of rotatable bonds is 7. The van der Waals surface area contributed by atoms with E-state index < -0.39 is 10.0 Å². The van der Waals surface area contributed by atoms with Crippen LogP contribution in [-0.2, 0) is 21.3 Å². The van der Waals surface area contributed by atoms with E-state index in [1.54, 1.807) is 36.4 Å². The lowest BCUT2D eigenvalue weighted by Gasteiger charge is -2.27. The number of aromatic hydroxyl groups is 1. The summed E-state index contributed by atoms with van der Waals surface area (Å²) in [7, 11) is -3.96. The predicted molar refractivity (Wildman–Crippen MR) is 132 cm³/mol. The van der Waals surface area contributed by atoms with Gasteiger partial charge in [-0.25, -0.2) is 18.4 Å². The van der Waals surface area contributed by atoms with E-state index in [0.29, 0.717) is 36.5 Å². The van der Waals surface area contributed by atoms with Gasteiger partial charge in [0.25, 0.3) is 10.0 Å². The van der Waals surface area contributed by atoms with Gasteiger partial charge in [-0.3, -0.25) is 14.6 Å². The number of aromatic nitrogens is 3. The second kappa shape index (κ2) is 9.82. The fourth-order valence-electron chi connectivity index (χ4n) is 3.80. The molecule has 1 fully saturated rings. The van der Waals surface area contributed by atoms with Gasteiger partial charge in [-0.2, -0.15) is 0 Å². The Labute approximate surface area is 202 Å². The Morgan fingerprint density at radius 1 is 0.971 bits per heavy atom. The Morgan fingerprint density at radius 2 is 1.71 bits per heavy atom. The molecule has 0 atom stereocenters. The van der Waals surface area contributed by atoms with Crippen LogP contribution in [0, 0.1) is 0 Å². The maximum absolute atomic E-state index is 13.0. The van der Waals surface area contributed by atoms with Crippen molar-refractivity contribution in [1.29, 1.82) is 0 Å². The van der Waals surface area contributed by atoms with E-state index >= 15 is 0 Å². The monoisotopic (exact) mass is 492 g/mol. The molecule has 0 radical (unpaired) electrons. The fourth-order valence-corrected chi connectivity index (χ4v) is 4.77. The van der Waals surface area contributed by atoms with E-state index in [1.165, 1.54) is 18.5 Å². The van der Waals surface area contributed by atoms with Crippen LogP contribution >= 0.6 is 0 Å². The van der Waals surface area contributed by atoms with Gasteiger partial charge >= 0.3 is 0 Å². The second-order valence-electron chi connectivity index (χ2n) is 8.06. The highest BCUT2D eigenvalue weighted by atomic mass is 32.2. The number of benzene rings is 2. The predicted octanol–water partition coefficient (Wildman–Crippen LogP) is 3.11. The van der Waals surface area contributed by atoms with Gasteiger partial charge in [-0.05, 0) is 35.9 Å². The molecule has 0 bridgehead atoms. The van der Waals surface area contributed by atoms with Crippen molar-refractivity contribution in [2.45, 2.75) is 11.4 Å². The maximum Gasteiger partial charge on any atom is 0.264 e. The van der Waals surface area contributed by atoms with E-state index in [9.17, 15) is 13.5 Å². The molecule has 2 aromatic heterocycles. The maximum atomic E-state index is 13.0. The van der Waals surface area contributed by atoms with E-state index in [4.69, 9.17) is 4.74 Å². The minimum atomic E-state index is -3.96. The first-order valence-electron chi connectivity index (χ1n) is 11.1. The molecule has 1 aliphatic rings. The van der Waals surface area contributed by atoms with Crippen LogP contribution in [-0.4, -0.2) is 59.7 Å². The molecule has 0 spiro atoms. The van der Waals surface area contributed by atoms with Crippen molar-refractivity contribution in [1.82, 2.24) is 19.9 Å². The van der Waals surface area contributed by atoms with Gasteiger partial charge in [-0.1, -0.05) is 18.2 Å². The summed E-state index contributed by atoms with van der Waals surface area (Å²) in [6.07, 6.45) is 2.76. The van der Waals surface area contributed by atoms with Crippen LogP contribution < -0.4 is 10.0 Å². The standard InChI is InChI=1S/C24H24N6O4S/c31-18-8-7-17(16-30-10-12-34-13-11-30)22(14-18)28-23-24(27-21-6-2-1-5-20(21)26-23)29-35(32,33)19-4-3-9-25-15-19/h1-9,14-15,31H,10-13,16H2,(H,26,28)(H,27,29). The molecule has 0 amide bonds. The Kier molecular flexibility index (Phi) is 6.45. The molecule has 3 N–H and O–H groups in total. The zero-order valence-corrected chi connectivity index (χ0v) is 19.6. The molecule has 0 aliphatic carbocycles. The lowest BCUT2D eigenvalue weighted by atomic mass is 10.1. The number of ether oxygens (including phenoxy) is 1. The summed E-state index contributed by atoms with van der Waals surface area (Å²) in [6, 6.07) is 15.2. The highest BCUT2D eigenvalue weighted by molar-refractivity contribution is 7.92. The van der Waals surface area contributed by atoms with Gasteiger partial charge in [0.15, 0.2) is 11.6 Å². The minimum absolute atomic E-state index is 0.00581. The largest absolute Gasteiger partial charge is 0.508 e. The van der Waals surface area contributed by atoms with Crippen molar-refractivity contribution in [3.63, 3.8) is 0 Å². The van der Waals surface area contributed by atoms with Crippen molar-refractivity contribution in [2.75, 3.05) is 36.3 Å². The Balaban J connectivity index is 1.53. The van der Waals surface area contributed by atoms with E-state index in [0.717, 1.165) is 18.7 Å². The fraction of sp³-hybridized carbons (Fsp3) is 0.208. The number of hydrogen-bond acceptors (Lipinski definition) is 9. The van der Waals surface area contributed by atoms with Gasteiger partial charge in [-0.15, -0.1) is 0 Å². The number of fused-ring (bicyclic) bond motifs is 1. The van der Waals surface area contributed by atoms with Crippen molar-refractivity contribution < 1.29 is 18.3 Å². The molecular weight excluding hydrogens is 468 g/mol. The first-order chi connectivity index (χ1) is 17.0. The number of phenols is 1. The van der Waals surface area contributed by atoms with Crippen molar-refractivity contribution in [2.24, 2.45) is 0 Å². The first kappa shape index (κ1) is 23.0. The summed E-state index contributed by atoms with van der Waals surface area (Å²) < 4.78 is 34.0. The number of hydrogen-bond donors (Lipinski definition) is 3. The highest BCUT2D eigenvalue weighted by Crippen LogP contribution is 2.31. The summed E-state index contributed by atoms with van der Waals surface area (Å²) in [5.41, 5.74) is 2.64. The van der Waals surface area contributed by atoms with Crippen LogP contribution in [0.5, 0.6) is 5.75 Å². The number of para-hydroxylation sites is 2. The number of morpholine rings is 1. The average molecular weight is 493 g/mol. The normalized spacial score (nSPS) is 14.6. The molecule has 180 valence electrons. The third-order valence-electron chi connectivity index (χ3n) is 5.59. The highest BCUT2D eigenvalue weighted by Gasteiger charge is 2.20. The zero-order valence-electron chi connectivity index (χ0n) is 18.8. The first-order valence-corrected chi connectivity index (χ1v) is 12.5. The van der Waals surface area contributed by atoms with Crippen LogP contribution in [0.15, 0.2) is 71.9 Å². The third-order valence-corrected chi connectivity index (χ3v) is 6.91. The zero-order chi connectivity index (χ0) is 24.3. The molecule has 35 heavy (non-hydrogen) atoms. The minimum Gasteiger partial charge on any atom is -0.508 e. The van der Waals surface area contributed by atoms with Crippen molar-refractivity contribution in [3.8, 4) is 5.75 Å². The number of anilines is 3. The van der Waals surface area contributed by atoms with Gasteiger partial charge in [0.1, 0.15) is 10.6 Å². The van der Waals surface area contributed by atoms with Crippen molar-refractivity contribution in [3.05, 3.63) is 72.6 Å². The van der Waals surface area contributed by atoms with Crippen LogP contribution in [0.2, 0.25) is 0 Å². The van der Waals surface area contributed by atoms with Gasteiger partial charge < -0.3 is 15.2 Å². The number of nitrogens with zero attached hydrogens (tertiary/aromatic N) is 4. The number of sulfonamides is 1. The summed E-state index contributed by atoms with van der Waals surface area (Å²) in [5, 5.41) is 13.4. The van der Waals surface area contributed by atoms with Crippen LogP contribution in [0.4, 0.5) is 17.3 Å². The molecule has 5 rings (SSSR count). The second-order valence-corrected chi connectivity index (χ2v) is 9.74. The molecule has 2 aromatic carbocycles. The smallest absolute Gasteiger partial charge is 0.264 e. The van der Waals surface area contributed by atoms with Gasteiger partial charge in [0.05, 0.1) is 24.2 Å². The molecular formula is C24H24N6O4S. The molecule has 1 saturated heterocycles. The molecule has 3 heterocycles. The molecule has 11 heteroatoms. The Morgan fingerprint density at radius 3 is 2.43 bits per heavy atom. The number of nitrogens with one attached hydrogen (secondary N) is 2. The summed E-state index contributed by atoms with van der Waals surface area (Å²) in [5.74, 6) is 0.322. The molecule has 1 aliphatic heterocycles. The van der Waals surface area contributed by atoms with Gasteiger partial charge in [0, 0.05) is 43.8 Å². The third kappa shape index (κ3) is 5.32. The molecule has 10 nitrogen and oxygen atoms in total. The van der Waals surface area contributed by atoms with E-state index in [2.05, 4.69) is 29.9 Å². The van der Waals surface area contributed by atoms with Crippen LogP contribution in [0.25, 0.3) is 11.0 Å². The van der Waals surface area contributed by atoms with Crippen LogP contribution in [0.3, 0.4) is 0 Å². The molecule has 4 aromatic rings. The summed E-state index contributed by atoms with van der Waals surface area (Å²) in [4.78, 5) is 15.3. The Bertz CT molecular complexity index is 1440. The van der Waals surface area contributed by atoms with E-state index in [1.807, 2.05) is 12.1 Å². The van der Waals surface area contributed by atoms with E-state index in [-0.39, 0.29) is 22.3 Å². The summed E-state index contributed by atoms with van der Waals surface area (Å²) >= 11 is 0.